The number of aliphatic imine (C=N–C) groups is 1. The van der Waals surface area contributed by atoms with Gasteiger partial charge in [-0.15, -0.1) is 0 Å². The Morgan fingerprint density at radius 3 is 2.73 bits per heavy atom. The minimum atomic E-state index is 0.647. The fourth-order valence-corrected chi connectivity index (χ4v) is 2.92. The van der Waals surface area contributed by atoms with Gasteiger partial charge in [-0.1, -0.05) is 6.42 Å². The summed E-state index contributed by atoms with van der Waals surface area (Å²) in [6, 6.07) is 4.57. The molecule has 1 aliphatic rings. The zero-order valence-corrected chi connectivity index (χ0v) is 14.0. The average molecular weight is 306 g/mol. The van der Waals surface area contributed by atoms with Crippen molar-refractivity contribution in [2.24, 2.45) is 4.99 Å². The summed E-state index contributed by atoms with van der Waals surface area (Å²) < 4.78 is 5.32. The number of likely N-dealkylation sites (tertiary alicyclic amines) is 1. The number of nitrogens with one attached hydrogen (secondary N) is 2. The second-order valence-electron chi connectivity index (χ2n) is 5.99. The van der Waals surface area contributed by atoms with Crippen molar-refractivity contribution in [1.82, 2.24) is 15.5 Å². The van der Waals surface area contributed by atoms with Crippen molar-refractivity contribution in [2.45, 2.75) is 45.1 Å². The Morgan fingerprint density at radius 1 is 1.27 bits per heavy atom. The van der Waals surface area contributed by atoms with E-state index >= 15 is 0 Å². The quantitative estimate of drug-likeness (QED) is 0.599. The molecule has 124 valence electrons. The molecule has 0 saturated carbocycles. The molecule has 1 unspecified atom stereocenters. The molecule has 1 aromatic rings. The molecule has 5 nitrogen and oxygen atoms in total. The molecule has 2 rings (SSSR count). The van der Waals surface area contributed by atoms with Gasteiger partial charge < -0.3 is 20.0 Å². The van der Waals surface area contributed by atoms with Crippen molar-refractivity contribution < 1.29 is 4.42 Å². The van der Waals surface area contributed by atoms with Crippen LogP contribution in [0.2, 0.25) is 0 Å². The molecule has 22 heavy (non-hydrogen) atoms. The summed E-state index contributed by atoms with van der Waals surface area (Å²) in [5.74, 6) is 1.87. The lowest BCUT2D eigenvalue weighted by Gasteiger charge is -2.32. The number of furan rings is 1. The van der Waals surface area contributed by atoms with Crippen molar-refractivity contribution in [3.8, 4) is 0 Å². The molecule has 0 aliphatic carbocycles. The summed E-state index contributed by atoms with van der Waals surface area (Å²) in [5, 5.41) is 6.73. The van der Waals surface area contributed by atoms with Gasteiger partial charge in [0.1, 0.15) is 5.76 Å². The predicted molar refractivity (Wildman–Crippen MR) is 91.3 cm³/mol. The van der Waals surface area contributed by atoms with Gasteiger partial charge in [0.25, 0.3) is 0 Å². The van der Waals surface area contributed by atoms with E-state index in [0.717, 1.165) is 37.7 Å². The zero-order chi connectivity index (χ0) is 15.6. The fraction of sp³-hybridized carbons (Fsp3) is 0.706. The molecule has 0 aromatic carbocycles. The highest BCUT2D eigenvalue weighted by Crippen LogP contribution is 2.13. The van der Waals surface area contributed by atoms with Crippen LogP contribution in [0, 0.1) is 0 Å². The van der Waals surface area contributed by atoms with E-state index in [1.807, 2.05) is 19.2 Å². The minimum Gasteiger partial charge on any atom is -0.469 e. The molecule has 1 aliphatic heterocycles. The first-order valence-electron chi connectivity index (χ1n) is 8.50. The first kappa shape index (κ1) is 16.9. The van der Waals surface area contributed by atoms with Gasteiger partial charge in [0.2, 0.25) is 0 Å². The SMILES string of the molecule is CN=C(NCCc1ccco1)NCCC(C)N1CCCCC1. The zero-order valence-electron chi connectivity index (χ0n) is 14.0. The Morgan fingerprint density at radius 2 is 2.05 bits per heavy atom. The summed E-state index contributed by atoms with van der Waals surface area (Å²) in [6.45, 7) is 6.64. The maximum absolute atomic E-state index is 5.32. The maximum Gasteiger partial charge on any atom is 0.190 e. The molecule has 1 atom stereocenters. The Kier molecular flexibility index (Phi) is 7.30. The smallest absolute Gasteiger partial charge is 0.190 e. The van der Waals surface area contributed by atoms with Crippen LogP contribution in [-0.4, -0.2) is 50.1 Å². The van der Waals surface area contributed by atoms with Crippen molar-refractivity contribution in [3.63, 3.8) is 0 Å². The van der Waals surface area contributed by atoms with Gasteiger partial charge in [0, 0.05) is 32.6 Å². The van der Waals surface area contributed by atoms with Gasteiger partial charge in [-0.2, -0.15) is 0 Å². The molecule has 2 heterocycles. The van der Waals surface area contributed by atoms with E-state index in [9.17, 15) is 0 Å². The second-order valence-corrected chi connectivity index (χ2v) is 5.99. The average Bonchev–Trinajstić information content (AvgIpc) is 3.07. The van der Waals surface area contributed by atoms with Crippen LogP contribution in [0.1, 0.15) is 38.4 Å². The Labute approximate surface area is 134 Å². The van der Waals surface area contributed by atoms with Gasteiger partial charge in [-0.25, -0.2) is 0 Å². The van der Waals surface area contributed by atoms with Crippen LogP contribution >= 0.6 is 0 Å². The molecule has 5 heteroatoms. The lowest BCUT2D eigenvalue weighted by molar-refractivity contribution is 0.167. The van der Waals surface area contributed by atoms with E-state index in [2.05, 4.69) is 27.4 Å². The third-order valence-corrected chi connectivity index (χ3v) is 4.34. The number of piperidine rings is 1. The minimum absolute atomic E-state index is 0.647. The van der Waals surface area contributed by atoms with Crippen LogP contribution in [-0.2, 0) is 6.42 Å². The second kappa shape index (κ2) is 9.51. The van der Waals surface area contributed by atoms with Crippen LogP contribution in [0.15, 0.2) is 27.8 Å². The van der Waals surface area contributed by atoms with Gasteiger partial charge in [-0.3, -0.25) is 4.99 Å². The monoisotopic (exact) mass is 306 g/mol. The van der Waals surface area contributed by atoms with E-state index in [1.165, 1.54) is 32.4 Å². The Bertz CT molecular complexity index is 424. The molecular formula is C17H30N4O. The van der Waals surface area contributed by atoms with E-state index in [4.69, 9.17) is 4.42 Å². The molecule has 1 saturated heterocycles. The third kappa shape index (κ3) is 5.72. The molecule has 0 amide bonds. The van der Waals surface area contributed by atoms with Crippen LogP contribution in [0.4, 0.5) is 0 Å². The standard InChI is InChI=1S/C17H30N4O/c1-15(21-12-4-3-5-13-21)8-10-19-17(18-2)20-11-9-16-7-6-14-22-16/h6-7,14-15H,3-5,8-13H2,1-2H3,(H2,18,19,20). The number of nitrogens with zero attached hydrogens (tertiary/aromatic N) is 2. The summed E-state index contributed by atoms with van der Waals surface area (Å²) in [6.07, 6.45) is 7.84. The number of hydrogen-bond acceptors (Lipinski definition) is 3. The number of rotatable bonds is 7. The number of guanidine groups is 1. The third-order valence-electron chi connectivity index (χ3n) is 4.34. The molecule has 0 spiro atoms. The number of hydrogen-bond donors (Lipinski definition) is 2. The summed E-state index contributed by atoms with van der Waals surface area (Å²) in [4.78, 5) is 6.88. The molecule has 0 bridgehead atoms. The van der Waals surface area contributed by atoms with E-state index in [-0.39, 0.29) is 0 Å². The highest BCUT2D eigenvalue weighted by Gasteiger charge is 2.16. The van der Waals surface area contributed by atoms with Gasteiger partial charge in [0.15, 0.2) is 5.96 Å². The van der Waals surface area contributed by atoms with E-state index < -0.39 is 0 Å². The lowest BCUT2D eigenvalue weighted by atomic mass is 10.1. The van der Waals surface area contributed by atoms with Crippen molar-refractivity contribution in [3.05, 3.63) is 24.2 Å². The van der Waals surface area contributed by atoms with Crippen LogP contribution < -0.4 is 10.6 Å². The topological polar surface area (TPSA) is 52.8 Å². The molecule has 1 aromatic heterocycles. The molecule has 1 fully saturated rings. The Hall–Kier alpha value is -1.49. The predicted octanol–water partition coefficient (Wildman–Crippen LogP) is 2.25. The van der Waals surface area contributed by atoms with Gasteiger partial charge in [-0.05, 0) is 51.4 Å². The van der Waals surface area contributed by atoms with Crippen LogP contribution in [0.25, 0.3) is 0 Å². The maximum atomic E-state index is 5.32. The van der Waals surface area contributed by atoms with Crippen LogP contribution in [0.5, 0.6) is 0 Å². The molecule has 0 radical (unpaired) electrons. The Balaban J connectivity index is 1.59. The fourth-order valence-electron chi connectivity index (χ4n) is 2.92. The largest absolute Gasteiger partial charge is 0.469 e. The normalized spacial score (nSPS) is 18.2. The van der Waals surface area contributed by atoms with Crippen molar-refractivity contribution in [1.29, 1.82) is 0 Å². The summed E-state index contributed by atoms with van der Waals surface area (Å²) in [5.41, 5.74) is 0. The summed E-state index contributed by atoms with van der Waals surface area (Å²) >= 11 is 0. The summed E-state index contributed by atoms with van der Waals surface area (Å²) in [7, 11) is 1.82. The molecule has 2 N–H and O–H groups in total. The molecular weight excluding hydrogens is 276 g/mol. The van der Waals surface area contributed by atoms with Crippen molar-refractivity contribution >= 4 is 5.96 Å². The van der Waals surface area contributed by atoms with Crippen LogP contribution in [0.3, 0.4) is 0 Å². The van der Waals surface area contributed by atoms with Gasteiger partial charge in [0.05, 0.1) is 6.26 Å². The first-order chi connectivity index (χ1) is 10.8. The van der Waals surface area contributed by atoms with E-state index in [0.29, 0.717) is 6.04 Å². The van der Waals surface area contributed by atoms with Gasteiger partial charge >= 0.3 is 0 Å². The first-order valence-corrected chi connectivity index (χ1v) is 8.50. The highest BCUT2D eigenvalue weighted by atomic mass is 16.3. The lowest BCUT2D eigenvalue weighted by Crippen LogP contribution is -2.42. The van der Waals surface area contributed by atoms with Crippen molar-refractivity contribution in [2.75, 3.05) is 33.2 Å². The van der Waals surface area contributed by atoms with E-state index in [1.54, 1.807) is 6.26 Å². The highest BCUT2D eigenvalue weighted by molar-refractivity contribution is 5.79.